The van der Waals surface area contributed by atoms with Gasteiger partial charge in [-0.15, -0.1) is 11.3 Å². The van der Waals surface area contributed by atoms with Gasteiger partial charge in [0.15, 0.2) is 0 Å². The SMILES string of the molecule is CC1CCCC(C)N1S(=O)(=O)c1ccc(C(N)=S)s1. The van der Waals surface area contributed by atoms with Crippen molar-refractivity contribution in [1.29, 1.82) is 0 Å². The number of nitrogens with zero attached hydrogens (tertiary/aromatic N) is 1. The molecule has 106 valence electrons. The predicted molar refractivity (Wildman–Crippen MR) is 82.0 cm³/mol. The fraction of sp³-hybridized carbons (Fsp3) is 0.583. The van der Waals surface area contributed by atoms with Gasteiger partial charge in [-0.05, 0) is 38.8 Å². The Morgan fingerprint density at radius 3 is 2.42 bits per heavy atom. The first-order valence-corrected chi connectivity index (χ1v) is 8.93. The number of rotatable bonds is 3. The van der Waals surface area contributed by atoms with E-state index in [1.165, 1.54) is 0 Å². The lowest BCUT2D eigenvalue weighted by Gasteiger charge is -2.37. The molecule has 0 aromatic carbocycles. The summed E-state index contributed by atoms with van der Waals surface area (Å²) in [5.41, 5.74) is 5.54. The van der Waals surface area contributed by atoms with Gasteiger partial charge in [0.1, 0.15) is 9.20 Å². The molecule has 0 aliphatic carbocycles. The molecule has 0 saturated carbocycles. The van der Waals surface area contributed by atoms with Crippen molar-refractivity contribution < 1.29 is 8.42 Å². The van der Waals surface area contributed by atoms with E-state index in [4.69, 9.17) is 18.0 Å². The van der Waals surface area contributed by atoms with Gasteiger partial charge >= 0.3 is 0 Å². The van der Waals surface area contributed by atoms with Crippen LogP contribution in [0.4, 0.5) is 0 Å². The van der Waals surface area contributed by atoms with Gasteiger partial charge in [0, 0.05) is 12.1 Å². The number of thiocarbonyl (C=S) groups is 1. The lowest BCUT2D eigenvalue weighted by atomic mass is 10.0. The first kappa shape index (κ1) is 14.9. The Balaban J connectivity index is 2.37. The second-order valence-corrected chi connectivity index (χ2v) is 8.54. The van der Waals surface area contributed by atoms with E-state index in [2.05, 4.69) is 0 Å². The van der Waals surface area contributed by atoms with Crippen molar-refractivity contribution in [2.75, 3.05) is 0 Å². The number of sulfonamides is 1. The van der Waals surface area contributed by atoms with Crippen LogP contribution >= 0.6 is 23.6 Å². The lowest BCUT2D eigenvalue weighted by molar-refractivity contribution is 0.204. The molecular weight excluding hydrogens is 300 g/mol. The van der Waals surface area contributed by atoms with Gasteiger partial charge in [-0.1, -0.05) is 18.6 Å². The Kier molecular flexibility index (Phi) is 4.29. The summed E-state index contributed by atoms with van der Waals surface area (Å²) in [5.74, 6) is 0. The third kappa shape index (κ3) is 2.84. The van der Waals surface area contributed by atoms with Gasteiger partial charge in [-0.3, -0.25) is 0 Å². The first-order valence-electron chi connectivity index (χ1n) is 6.27. The van der Waals surface area contributed by atoms with Crippen LogP contribution in [-0.4, -0.2) is 29.8 Å². The molecule has 0 amide bonds. The van der Waals surface area contributed by atoms with E-state index >= 15 is 0 Å². The summed E-state index contributed by atoms with van der Waals surface area (Å²) in [5, 5.41) is 0. The second-order valence-electron chi connectivity index (χ2n) is 4.95. The van der Waals surface area contributed by atoms with Gasteiger partial charge in [-0.2, -0.15) is 4.31 Å². The van der Waals surface area contributed by atoms with Gasteiger partial charge < -0.3 is 5.73 Å². The van der Waals surface area contributed by atoms with Gasteiger partial charge in [0.05, 0.1) is 4.88 Å². The van der Waals surface area contributed by atoms with Crippen LogP contribution in [0, 0.1) is 0 Å². The zero-order chi connectivity index (χ0) is 14.2. The highest BCUT2D eigenvalue weighted by Gasteiger charge is 2.36. The van der Waals surface area contributed by atoms with Crippen molar-refractivity contribution >= 4 is 38.6 Å². The monoisotopic (exact) mass is 318 g/mol. The second kappa shape index (κ2) is 5.47. The maximum absolute atomic E-state index is 12.7. The summed E-state index contributed by atoms with van der Waals surface area (Å²) in [6.45, 7) is 3.94. The Bertz CT molecular complexity index is 570. The number of hydrogen-bond acceptors (Lipinski definition) is 4. The molecule has 1 fully saturated rings. The van der Waals surface area contributed by atoms with E-state index in [9.17, 15) is 8.42 Å². The third-order valence-corrected chi connectivity index (χ3v) is 7.53. The molecule has 1 aliphatic rings. The molecule has 2 atom stereocenters. The summed E-state index contributed by atoms with van der Waals surface area (Å²) >= 11 is 6.03. The number of piperidine rings is 1. The maximum atomic E-state index is 12.7. The van der Waals surface area contributed by atoms with Gasteiger partial charge in [0.2, 0.25) is 0 Å². The molecule has 7 heteroatoms. The van der Waals surface area contributed by atoms with E-state index in [0.717, 1.165) is 30.6 Å². The molecule has 4 nitrogen and oxygen atoms in total. The summed E-state index contributed by atoms with van der Waals surface area (Å²) in [4.78, 5) is 0.886. The van der Waals surface area contributed by atoms with Crippen LogP contribution in [0.5, 0.6) is 0 Å². The van der Waals surface area contributed by atoms with Crippen molar-refractivity contribution in [3.05, 3.63) is 17.0 Å². The number of nitrogens with two attached hydrogens (primary N) is 1. The average Bonchev–Trinajstić information content (AvgIpc) is 2.78. The minimum atomic E-state index is -3.44. The highest BCUT2D eigenvalue weighted by atomic mass is 32.2. The third-order valence-electron chi connectivity index (χ3n) is 3.47. The van der Waals surface area contributed by atoms with Crippen molar-refractivity contribution in [2.24, 2.45) is 5.73 Å². The molecule has 2 heterocycles. The Hall–Kier alpha value is -0.500. The minimum Gasteiger partial charge on any atom is -0.389 e. The summed E-state index contributed by atoms with van der Waals surface area (Å²) in [6, 6.07) is 3.37. The van der Waals surface area contributed by atoms with Crippen LogP contribution in [0.2, 0.25) is 0 Å². The van der Waals surface area contributed by atoms with Crippen LogP contribution in [0.3, 0.4) is 0 Å². The largest absolute Gasteiger partial charge is 0.389 e. The molecule has 1 aromatic rings. The van der Waals surface area contributed by atoms with Crippen molar-refractivity contribution in [2.45, 2.75) is 49.4 Å². The lowest BCUT2D eigenvalue weighted by Crippen LogP contribution is -2.47. The smallest absolute Gasteiger partial charge is 0.253 e. The predicted octanol–water partition coefficient (Wildman–Crippen LogP) is 2.33. The van der Waals surface area contributed by atoms with E-state index in [1.54, 1.807) is 16.4 Å². The standard InChI is InChI=1S/C12H18N2O2S3/c1-8-4-3-5-9(2)14(8)19(15,16)11-7-6-10(18-11)12(13)17/h6-9H,3-5H2,1-2H3,(H2,13,17). The van der Waals surface area contributed by atoms with E-state index in [-0.39, 0.29) is 17.1 Å². The van der Waals surface area contributed by atoms with Crippen molar-refractivity contribution in [1.82, 2.24) is 4.31 Å². The molecule has 2 unspecified atom stereocenters. The highest BCUT2D eigenvalue weighted by molar-refractivity contribution is 7.91. The molecule has 19 heavy (non-hydrogen) atoms. The molecule has 1 aliphatic heterocycles. The topological polar surface area (TPSA) is 63.4 Å². The van der Waals surface area contributed by atoms with Crippen molar-refractivity contribution in [3.8, 4) is 0 Å². The summed E-state index contributed by atoms with van der Waals surface area (Å²) in [7, 11) is -3.44. The van der Waals surface area contributed by atoms with Crippen LogP contribution in [0.1, 0.15) is 38.0 Å². The zero-order valence-electron chi connectivity index (χ0n) is 11.0. The molecule has 2 N–H and O–H groups in total. The maximum Gasteiger partial charge on any atom is 0.253 e. The molecule has 0 bridgehead atoms. The summed E-state index contributed by atoms with van der Waals surface area (Å²) in [6.07, 6.45) is 2.91. The molecule has 1 aromatic heterocycles. The van der Waals surface area contributed by atoms with E-state index in [0.29, 0.717) is 9.09 Å². The zero-order valence-corrected chi connectivity index (χ0v) is 13.4. The van der Waals surface area contributed by atoms with Crippen LogP contribution < -0.4 is 5.73 Å². The van der Waals surface area contributed by atoms with E-state index in [1.807, 2.05) is 13.8 Å². The molecular formula is C12H18N2O2S3. The Morgan fingerprint density at radius 1 is 1.37 bits per heavy atom. The number of thiophene rings is 1. The highest BCUT2D eigenvalue weighted by Crippen LogP contribution is 2.32. The first-order chi connectivity index (χ1) is 8.84. The van der Waals surface area contributed by atoms with Crippen molar-refractivity contribution in [3.63, 3.8) is 0 Å². The minimum absolute atomic E-state index is 0.0455. The molecule has 2 rings (SSSR count). The average molecular weight is 318 g/mol. The molecule has 0 spiro atoms. The fourth-order valence-corrected chi connectivity index (χ4v) is 5.90. The molecule has 1 saturated heterocycles. The van der Waals surface area contributed by atoms with E-state index < -0.39 is 10.0 Å². The van der Waals surface area contributed by atoms with Crippen LogP contribution in [0.15, 0.2) is 16.3 Å². The van der Waals surface area contributed by atoms with Crippen LogP contribution in [-0.2, 0) is 10.0 Å². The Morgan fingerprint density at radius 2 is 1.95 bits per heavy atom. The fourth-order valence-electron chi connectivity index (χ4n) is 2.57. The molecule has 0 radical (unpaired) electrons. The number of hydrogen-bond donors (Lipinski definition) is 1. The normalized spacial score (nSPS) is 25.4. The quantitative estimate of drug-likeness (QED) is 0.869. The van der Waals surface area contributed by atoms with Crippen LogP contribution in [0.25, 0.3) is 0 Å². The Labute approximate surface area is 123 Å². The van der Waals surface area contributed by atoms with Gasteiger partial charge in [-0.25, -0.2) is 8.42 Å². The summed E-state index contributed by atoms with van der Waals surface area (Å²) < 4.78 is 27.4. The van der Waals surface area contributed by atoms with Gasteiger partial charge in [0.25, 0.3) is 10.0 Å².